The van der Waals surface area contributed by atoms with Gasteiger partial charge in [-0.15, -0.1) is 0 Å². The van der Waals surface area contributed by atoms with Gasteiger partial charge in [-0.05, 0) is 44.4 Å². The summed E-state index contributed by atoms with van der Waals surface area (Å²) in [6.45, 7) is 2.45. The zero-order valence-corrected chi connectivity index (χ0v) is 16.7. The number of nitrogens with one attached hydrogen (secondary N) is 3. The Morgan fingerprint density at radius 3 is 2.61 bits per heavy atom. The first-order valence-corrected chi connectivity index (χ1v) is 11.0. The van der Waals surface area contributed by atoms with E-state index in [9.17, 15) is 9.59 Å². The molecule has 3 fully saturated rings. The summed E-state index contributed by atoms with van der Waals surface area (Å²) in [4.78, 5) is 34.2. The number of amides is 2. The van der Waals surface area contributed by atoms with E-state index in [2.05, 4.69) is 25.5 Å². The first-order chi connectivity index (χ1) is 13.7. The molecule has 1 saturated heterocycles. The van der Waals surface area contributed by atoms with Gasteiger partial charge in [-0.25, -0.2) is 4.98 Å². The van der Waals surface area contributed by atoms with E-state index < -0.39 is 0 Å². The molecule has 7 nitrogen and oxygen atoms in total. The number of aromatic amines is 1. The lowest BCUT2D eigenvalue weighted by Crippen LogP contribution is -2.47. The maximum atomic E-state index is 12.4. The molecule has 28 heavy (non-hydrogen) atoms. The van der Waals surface area contributed by atoms with Crippen molar-refractivity contribution in [1.29, 1.82) is 0 Å². The molecule has 1 aromatic rings. The molecule has 3 N–H and O–H groups in total. The molecule has 0 unspecified atom stereocenters. The van der Waals surface area contributed by atoms with E-state index in [-0.39, 0.29) is 17.7 Å². The smallest absolute Gasteiger partial charge is 0.223 e. The molecule has 7 heteroatoms. The Hall–Kier alpha value is -1.89. The fourth-order valence-corrected chi connectivity index (χ4v) is 4.43. The first kappa shape index (κ1) is 19.4. The quantitative estimate of drug-likeness (QED) is 0.569. The van der Waals surface area contributed by atoms with Crippen molar-refractivity contribution in [2.75, 3.05) is 19.6 Å². The molecule has 3 aliphatic rings. The molecule has 0 radical (unpaired) electrons. The molecule has 154 valence electrons. The number of hydrogen-bond acceptors (Lipinski definition) is 4. The van der Waals surface area contributed by atoms with Gasteiger partial charge in [-0.3, -0.25) is 14.5 Å². The van der Waals surface area contributed by atoms with Crippen LogP contribution in [0.4, 0.5) is 0 Å². The topological polar surface area (TPSA) is 90.1 Å². The van der Waals surface area contributed by atoms with Gasteiger partial charge in [-0.1, -0.05) is 6.42 Å². The highest BCUT2D eigenvalue weighted by Crippen LogP contribution is 2.35. The van der Waals surface area contributed by atoms with Crippen molar-refractivity contribution < 1.29 is 9.59 Å². The summed E-state index contributed by atoms with van der Waals surface area (Å²) >= 11 is 0. The highest BCUT2D eigenvalue weighted by Gasteiger charge is 2.38. The van der Waals surface area contributed by atoms with Gasteiger partial charge in [0.15, 0.2) is 0 Å². The van der Waals surface area contributed by atoms with Crippen LogP contribution in [0.15, 0.2) is 12.5 Å². The third kappa shape index (κ3) is 5.13. The first-order valence-electron chi connectivity index (χ1n) is 11.0. The van der Waals surface area contributed by atoms with Crippen LogP contribution in [0, 0.1) is 11.8 Å². The Bertz CT molecular complexity index is 654. The maximum absolute atomic E-state index is 12.4. The third-order valence-electron chi connectivity index (χ3n) is 6.62. The van der Waals surface area contributed by atoms with Crippen LogP contribution in [0.2, 0.25) is 0 Å². The van der Waals surface area contributed by atoms with Crippen LogP contribution in [0.5, 0.6) is 0 Å². The number of rotatable bonds is 10. The minimum absolute atomic E-state index is 0.129. The van der Waals surface area contributed by atoms with Crippen LogP contribution >= 0.6 is 0 Å². The molecule has 1 aliphatic heterocycles. The highest BCUT2D eigenvalue weighted by molar-refractivity contribution is 5.79. The maximum Gasteiger partial charge on any atom is 0.223 e. The molecule has 0 spiro atoms. The lowest BCUT2D eigenvalue weighted by Gasteiger charge is -2.31. The Balaban J connectivity index is 1.23. The fraction of sp³-hybridized carbons (Fsp3) is 0.762. The normalized spacial score (nSPS) is 25.4. The molecular formula is C21H33N5O2. The lowest BCUT2D eigenvalue weighted by atomic mass is 9.85. The SMILES string of the molecule is O=C(C[C@H]1CC[C@@H](CNC(=O)C2CCC2)N1CC1CC1)NCCc1cnc[nH]1. The largest absolute Gasteiger partial charge is 0.356 e. The summed E-state index contributed by atoms with van der Waals surface area (Å²) in [7, 11) is 0. The van der Waals surface area contributed by atoms with Crippen molar-refractivity contribution in [2.45, 2.75) is 69.9 Å². The molecule has 0 bridgehead atoms. The van der Waals surface area contributed by atoms with Crippen LogP contribution in [0.3, 0.4) is 0 Å². The highest BCUT2D eigenvalue weighted by atomic mass is 16.2. The second kappa shape index (κ2) is 9.07. The van der Waals surface area contributed by atoms with E-state index in [4.69, 9.17) is 0 Å². The molecule has 2 heterocycles. The molecule has 0 aromatic carbocycles. The second-order valence-electron chi connectivity index (χ2n) is 8.78. The van der Waals surface area contributed by atoms with E-state index in [1.807, 2.05) is 0 Å². The summed E-state index contributed by atoms with van der Waals surface area (Å²) in [5.41, 5.74) is 1.04. The minimum atomic E-state index is 0.129. The Morgan fingerprint density at radius 2 is 1.93 bits per heavy atom. The molecule has 2 atom stereocenters. The van der Waals surface area contributed by atoms with Crippen molar-refractivity contribution in [1.82, 2.24) is 25.5 Å². The number of H-pyrrole nitrogens is 1. The van der Waals surface area contributed by atoms with Crippen LogP contribution in [0.25, 0.3) is 0 Å². The van der Waals surface area contributed by atoms with Gasteiger partial charge in [0.1, 0.15) is 0 Å². The van der Waals surface area contributed by atoms with Gasteiger partial charge in [0.25, 0.3) is 0 Å². The standard InChI is InChI=1S/C21H33N5O2/c27-20(23-9-8-17-11-22-14-25-17)10-18-6-7-19(26(18)13-15-4-5-15)12-24-21(28)16-2-1-3-16/h11,14-16,18-19H,1-10,12-13H2,(H,22,25)(H,23,27)(H,24,28)/t18-,19+/m1/s1. The monoisotopic (exact) mass is 387 g/mol. The Kier molecular flexibility index (Phi) is 6.29. The van der Waals surface area contributed by atoms with Crippen molar-refractivity contribution in [3.05, 3.63) is 18.2 Å². The van der Waals surface area contributed by atoms with E-state index in [1.54, 1.807) is 12.5 Å². The van der Waals surface area contributed by atoms with Gasteiger partial charge in [0.2, 0.25) is 11.8 Å². The molecular weight excluding hydrogens is 354 g/mol. The van der Waals surface area contributed by atoms with E-state index >= 15 is 0 Å². The second-order valence-corrected chi connectivity index (χ2v) is 8.78. The van der Waals surface area contributed by atoms with Gasteiger partial charge in [-0.2, -0.15) is 0 Å². The van der Waals surface area contributed by atoms with Crippen molar-refractivity contribution in [3.8, 4) is 0 Å². The Labute approximate surface area is 167 Å². The van der Waals surface area contributed by atoms with E-state index in [0.29, 0.717) is 25.0 Å². The molecule has 2 saturated carbocycles. The molecule has 1 aromatic heterocycles. The number of imidazole rings is 1. The summed E-state index contributed by atoms with van der Waals surface area (Å²) in [5, 5.41) is 6.23. The summed E-state index contributed by atoms with van der Waals surface area (Å²) in [5.74, 6) is 1.39. The summed E-state index contributed by atoms with van der Waals surface area (Å²) < 4.78 is 0. The van der Waals surface area contributed by atoms with Crippen LogP contribution < -0.4 is 10.6 Å². The fourth-order valence-electron chi connectivity index (χ4n) is 4.43. The van der Waals surface area contributed by atoms with Crippen LogP contribution in [-0.4, -0.2) is 58.4 Å². The van der Waals surface area contributed by atoms with Crippen molar-refractivity contribution in [2.24, 2.45) is 11.8 Å². The average molecular weight is 388 g/mol. The summed E-state index contributed by atoms with van der Waals surface area (Å²) in [6, 6.07) is 0.686. The zero-order chi connectivity index (χ0) is 19.3. The Morgan fingerprint density at radius 1 is 1.11 bits per heavy atom. The predicted octanol–water partition coefficient (Wildman–Crippen LogP) is 1.62. The number of aromatic nitrogens is 2. The van der Waals surface area contributed by atoms with Crippen LogP contribution in [-0.2, 0) is 16.0 Å². The van der Waals surface area contributed by atoms with Gasteiger partial charge in [0, 0.05) is 62.4 Å². The van der Waals surface area contributed by atoms with E-state index in [0.717, 1.165) is 56.8 Å². The van der Waals surface area contributed by atoms with Gasteiger partial charge >= 0.3 is 0 Å². The number of hydrogen-bond donors (Lipinski definition) is 3. The van der Waals surface area contributed by atoms with Crippen molar-refractivity contribution in [3.63, 3.8) is 0 Å². The number of likely N-dealkylation sites (tertiary alicyclic amines) is 1. The van der Waals surface area contributed by atoms with E-state index in [1.165, 1.54) is 19.3 Å². The molecule has 2 aliphatic carbocycles. The average Bonchev–Trinajstić information content (AvgIpc) is 3.15. The lowest BCUT2D eigenvalue weighted by molar-refractivity contribution is -0.127. The minimum Gasteiger partial charge on any atom is -0.356 e. The zero-order valence-electron chi connectivity index (χ0n) is 16.7. The molecule has 2 amide bonds. The van der Waals surface area contributed by atoms with Gasteiger partial charge in [0.05, 0.1) is 6.33 Å². The summed E-state index contributed by atoms with van der Waals surface area (Å²) in [6.07, 6.45) is 12.8. The van der Waals surface area contributed by atoms with Gasteiger partial charge < -0.3 is 15.6 Å². The third-order valence-corrected chi connectivity index (χ3v) is 6.62. The number of carbonyl (C=O) groups is 2. The van der Waals surface area contributed by atoms with Crippen LogP contribution in [0.1, 0.15) is 57.1 Å². The number of nitrogens with zero attached hydrogens (tertiary/aromatic N) is 2. The van der Waals surface area contributed by atoms with Crippen molar-refractivity contribution >= 4 is 11.8 Å². The molecule has 4 rings (SSSR count). The number of carbonyl (C=O) groups excluding carboxylic acids is 2. The predicted molar refractivity (Wildman–Crippen MR) is 107 cm³/mol.